The monoisotopic (exact) mass is 589 g/mol. The lowest BCUT2D eigenvalue weighted by molar-refractivity contribution is -0.135. The molecule has 3 fully saturated rings. The Hall–Kier alpha value is -2.59. The number of hydrogen-bond donors (Lipinski definition) is 2. The largest absolute Gasteiger partial charge is 0.476 e. The van der Waals surface area contributed by atoms with Crippen LogP contribution in [0.1, 0.15) is 49.9 Å². The Balaban J connectivity index is 1.13. The van der Waals surface area contributed by atoms with Crippen LogP contribution in [0.3, 0.4) is 0 Å². The van der Waals surface area contributed by atoms with Gasteiger partial charge in [0.15, 0.2) is 5.60 Å². The van der Waals surface area contributed by atoms with E-state index in [1.807, 2.05) is 12.1 Å². The van der Waals surface area contributed by atoms with Crippen molar-refractivity contribution >= 4 is 40.8 Å². The van der Waals surface area contributed by atoms with Gasteiger partial charge in [-0.15, -0.1) is 0 Å². The summed E-state index contributed by atoms with van der Waals surface area (Å²) >= 11 is 12.2. The van der Waals surface area contributed by atoms with Crippen LogP contribution >= 0.6 is 23.2 Å². The van der Waals surface area contributed by atoms with Crippen molar-refractivity contribution in [2.75, 3.05) is 44.3 Å². The van der Waals surface area contributed by atoms with Crippen LogP contribution in [0.5, 0.6) is 5.75 Å². The summed E-state index contributed by atoms with van der Waals surface area (Å²) < 4.78 is 11.3. The SMILES string of the molecule is CC(C)(Oc1ccc(Cl)cc1Cl)C(=O)N[C@H]1C[C@H]2CC[C@@H](C1)N2c1ccc(C(=O)NCCN2CCOCC2)cn1. The van der Waals surface area contributed by atoms with Gasteiger partial charge in [0.05, 0.1) is 23.8 Å². The molecule has 2 bridgehead atoms. The van der Waals surface area contributed by atoms with Crippen molar-refractivity contribution in [2.24, 2.45) is 0 Å². The van der Waals surface area contributed by atoms with Gasteiger partial charge in [-0.2, -0.15) is 0 Å². The molecule has 5 rings (SSSR count). The quantitative estimate of drug-likeness (QED) is 0.457. The Morgan fingerprint density at radius 1 is 1.10 bits per heavy atom. The first-order valence-electron chi connectivity index (χ1n) is 14.0. The Kier molecular flexibility index (Phi) is 9.05. The van der Waals surface area contributed by atoms with Crippen LogP contribution < -0.4 is 20.3 Å². The third-order valence-corrected chi connectivity index (χ3v) is 8.50. The van der Waals surface area contributed by atoms with Crippen molar-refractivity contribution in [3.63, 3.8) is 0 Å². The topological polar surface area (TPSA) is 96.0 Å². The van der Waals surface area contributed by atoms with Crippen LogP contribution in [0.15, 0.2) is 36.5 Å². The molecular formula is C29H37Cl2N5O4. The van der Waals surface area contributed by atoms with Gasteiger partial charge in [-0.1, -0.05) is 23.2 Å². The molecule has 4 heterocycles. The Labute approximate surface area is 245 Å². The first-order valence-corrected chi connectivity index (χ1v) is 14.7. The Morgan fingerprint density at radius 3 is 2.48 bits per heavy atom. The third-order valence-electron chi connectivity index (χ3n) is 7.97. The minimum Gasteiger partial charge on any atom is -0.476 e. The Bertz CT molecular complexity index is 1190. The second-order valence-corrected chi connectivity index (χ2v) is 12.1. The van der Waals surface area contributed by atoms with Crippen molar-refractivity contribution < 1.29 is 19.1 Å². The molecule has 0 radical (unpaired) electrons. The van der Waals surface area contributed by atoms with Crippen LogP contribution in [0.4, 0.5) is 5.82 Å². The van der Waals surface area contributed by atoms with E-state index < -0.39 is 5.60 Å². The molecule has 1 aromatic heterocycles. The number of benzene rings is 1. The molecule has 2 amide bonds. The maximum Gasteiger partial charge on any atom is 0.263 e. The normalized spacial score (nSPS) is 23.1. The molecule has 3 aliphatic rings. The minimum atomic E-state index is -1.10. The van der Waals surface area contributed by atoms with E-state index in [4.69, 9.17) is 32.7 Å². The van der Waals surface area contributed by atoms with Crippen molar-refractivity contribution in [3.05, 3.63) is 52.1 Å². The summed E-state index contributed by atoms with van der Waals surface area (Å²) in [7, 11) is 0. The fourth-order valence-corrected chi connectivity index (χ4v) is 6.28. The zero-order valence-electron chi connectivity index (χ0n) is 23.0. The highest BCUT2D eigenvalue weighted by molar-refractivity contribution is 6.35. The van der Waals surface area contributed by atoms with Crippen LogP contribution in [0.25, 0.3) is 0 Å². The molecule has 216 valence electrons. The molecule has 11 heteroatoms. The van der Waals surface area contributed by atoms with E-state index in [1.54, 1.807) is 38.2 Å². The summed E-state index contributed by atoms with van der Waals surface area (Å²) in [6, 6.07) is 9.34. The predicted octanol–water partition coefficient (Wildman–Crippen LogP) is 3.92. The van der Waals surface area contributed by atoms with E-state index in [0.29, 0.717) is 27.9 Å². The van der Waals surface area contributed by atoms with Crippen molar-refractivity contribution in [2.45, 2.75) is 63.3 Å². The molecule has 3 atom stereocenters. The highest BCUT2D eigenvalue weighted by Gasteiger charge is 2.43. The fraction of sp³-hybridized carbons (Fsp3) is 0.552. The van der Waals surface area contributed by atoms with Gasteiger partial charge >= 0.3 is 0 Å². The summed E-state index contributed by atoms with van der Waals surface area (Å²) in [5.41, 5.74) is -0.545. The summed E-state index contributed by atoms with van der Waals surface area (Å²) in [4.78, 5) is 35.1. The number of nitrogens with one attached hydrogen (secondary N) is 2. The second kappa shape index (κ2) is 12.5. The van der Waals surface area contributed by atoms with Gasteiger partial charge in [-0.05, 0) is 69.9 Å². The molecule has 3 saturated heterocycles. The summed E-state index contributed by atoms with van der Waals surface area (Å²) in [5.74, 6) is 1.00. The Morgan fingerprint density at radius 2 is 1.82 bits per heavy atom. The van der Waals surface area contributed by atoms with Crippen LogP contribution in [-0.4, -0.2) is 84.8 Å². The van der Waals surface area contributed by atoms with E-state index in [9.17, 15) is 9.59 Å². The maximum atomic E-state index is 13.2. The van der Waals surface area contributed by atoms with E-state index in [1.165, 1.54) is 0 Å². The number of morpholine rings is 1. The second-order valence-electron chi connectivity index (χ2n) is 11.2. The smallest absolute Gasteiger partial charge is 0.263 e. The molecule has 1 aromatic carbocycles. The van der Waals surface area contributed by atoms with Crippen LogP contribution in [0.2, 0.25) is 10.0 Å². The number of anilines is 1. The number of amides is 2. The van der Waals surface area contributed by atoms with Gasteiger partial charge in [-0.25, -0.2) is 4.98 Å². The number of aromatic nitrogens is 1. The zero-order valence-corrected chi connectivity index (χ0v) is 24.5. The molecule has 3 aliphatic heterocycles. The molecule has 0 unspecified atom stereocenters. The van der Waals surface area contributed by atoms with E-state index in [2.05, 4.69) is 25.4 Å². The van der Waals surface area contributed by atoms with Gasteiger partial charge in [0.2, 0.25) is 0 Å². The molecule has 9 nitrogen and oxygen atoms in total. The number of hydrogen-bond acceptors (Lipinski definition) is 7. The van der Waals surface area contributed by atoms with Gasteiger partial charge in [0.25, 0.3) is 11.8 Å². The molecule has 0 saturated carbocycles. The van der Waals surface area contributed by atoms with Gasteiger partial charge in [0, 0.05) is 55.5 Å². The lowest BCUT2D eigenvalue weighted by Crippen LogP contribution is -2.55. The lowest BCUT2D eigenvalue weighted by atomic mass is 9.96. The van der Waals surface area contributed by atoms with E-state index in [0.717, 1.165) is 64.3 Å². The van der Waals surface area contributed by atoms with Crippen molar-refractivity contribution in [1.29, 1.82) is 0 Å². The van der Waals surface area contributed by atoms with E-state index >= 15 is 0 Å². The summed E-state index contributed by atoms with van der Waals surface area (Å²) in [6.07, 6.45) is 5.40. The third kappa shape index (κ3) is 6.82. The number of nitrogens with zero attached hydrogens (tertiary/aromatic N) is 3. The molecule has 0 aliphatic carbocycles. The number of ether oxygens (including phenoxy) is 2. The number of piperidine rings is 1. The first kappa shape index (κ1) is 28.9. The van der Waals surface area contributed by atoms with Crippen LogP contribution in [-0.2, 0) is 9.53 Å². The van der Waals surface area contributed by atoms with Crippen LogP contribution in [0, 0.1) is 0 Å². The summed E-state index contributed by atoms with van der Waals surface area (Å²) in [5, 5.41) is 7.07. The number of pyridine rings is 1. The highest BCUT2D eigenvalue weighted by atomic mass is 35.5. The fourth-order valence-electron chi connectivity index (χ4n) is 5.83. The molecule has 2 N–H and O–H groups in total. The molecular weight excluding hydrogens is 553 g/mol. The zero-order chi connectivity index (χ0) is 28.3. The number of carbonyl (C=O) groups is 2. The standard InChI is InChI=1S/C29H37Cl2N5O4/c1-29(2,40-25-7-4-20(30)15-24(25)31)28(38)34-21-16-22-5-6-23(17-21)36(22)26-8-3-19(18-33-26)27(37)32-9-10-35-11-13-39-14-12-35/h3-4,7-8,15,18,21-23H,5-6,9-14,16-17H2,1-2H3,(H,32,37)(H,34,38)/t21-,22+,23-. The van der Waals surface area contributed by atoms with Crippen molar-refractivity contribution in [1.82, 2.24) is 20.5 Å². The average molecular weight is 591 g/mol. The molecule has 2 aromatic rings. The molecule has 40 heavy (non-hydrogen) atoms. The minimum absolute atomic E-state index is 0.0429. The maximum absolute atomic E-state index is 13.2. The van der Waals surface area contributed by atoms with E-state index in [-0.39, 0.29) is 29.9 Å². The first-order chi connectivity index (χ1) is 19.2. The van der Waals surface area contributed by atoms with Gasteiger partial charge in [0.1, 0.15) is 11.6 Å². The average Bonchev–Trinajstić information content (AvgIpc) is 3.20. The van der Waals surface area contributed by atoms with Gasteiger partial charge in [-0.3, -0.25) is 14.5 Å². The van der Waals surface area contributed by atoms with Gasteiger partial charge < -0.3 is 25.0 Å². The number of carbonyl (C=O) groups excluding carboxylic acids is 2. The number of fused-ring (bicyclic) bond motifs is 2. The highest BCUT2D eigenvalue weighted by Crippen LogP contribution is 2.39. The molecule has 0 spiro atoms. The summed E-state index contributed by atoms with van der Waals surface area (Å²) in [6.45, 7) is 8.18. The number of rotatable bonds is 9. The van der Waals surface area contributed by atoms with Crippen molar-refractivity contribution in [3.8, 4) is 5.75 Å². The lowest BCUT2D eigenvalue weighted by Gasteiger charge is -2.40. The predicted molar refractivity (Wildman–Crippen MR) is 155 cm³/mol. The number of halogens is 2.